The number of hydrogen-bond donors (Lipinski definition) is 0. The molecule has 0 aliphatic carbocycles. The van der Waals surface area contributed by atoms with Crippen LogP contribution in [0, 0.1) is 0 Å². The molecule has 1 aromatic rings. The van der Waals surface area contributed by atoms with Crippen molar-refractivity contribution in [3.05, 3.63) is 35.9 Å². The highest BCUT2D eigenvalue weighted by Crippen LogP contribution is 2.16. The van der Waals surface area contributed by atoms with Crippen LogP contribution in [0.1, 0.15) is 11.6 Å². The van der Waals surface area contributed by atoms with E-state index in [9.17, 15) is 4.79 Å². The van der Waals surface area contributed by atoms with Crippen molar-refractivity contribution in [3.8, 4) is 0 Å². The van der Waals surface area contributed by atoms with Gasteiger partial charge in [-0.25, -0.2) is 4.79 Å². The molecule has 0 N–H and O–H groups in total. The fourth-order valence-corrected chi connectivity index (χ4v) is 1.31. The van der Waals surface area contributed by atoms with Gasteiger partial charge in [0.2, 0.25) is 6.08 Å². The van der Waals surface area contributed by atoms with Gasteiger partial charge in [0.25, 0.3) is 0 Å². The molecule has 0 saturated carbocycles. The van der Waals surface area contributed by atoms with E-state index < -0.39 is 0 Å². The number of likely N-dealkylation sites (N-methyl/N-ethyl adjacent to an activating group) is 1. The van der Waals surface area contributed by atoms with Gasteiger partial charge in [-0.3, -0.25) is 0 Å². The number of benzene rings is 1. The largest absolute Gasteiger partial charge is 0.307 e. The van der Waals surface area contributed by atoms with Crippen molar-refractivity contribution >= 4 is 18.5 Å². The Morgan fingerprint density at radius 3 is 2.40 bits per heavy atom. The number of halogens is 1. The highest BCUT2D eigenvalue weighted by Gasteiger charge is 2.09. The van der Waals surface area contributed by atoms with Crippen molar-refractivity contribution in [3.63, 3.8) is 0 Å². The van der Waals surface area contributed by atoms with Gasteiger partial charge in [0.05, 0.1) is 0 Å². The second-order valence-electron chi connectivity index (χ2n) is 3.41. The second kappa shape index (κ2) is 7.18. The summed E-state index contributed by atoms with van der Waals surface area (Å²) in [5.41, 5.74) is 1.05. The average molecular weight is 227 g/mol. The minimum Gasteiger partial charge on any atom is -0.307 e. The predicted molar refractivity (Wildman–Crippen MR) is 63.1 cm³/mol. The Labute approximate surface area is 96.2 Å². The third-order valence-electron chi connectivity index (χ3n) is 1.93. The molecule has 0 fully saturated rings. The molecule has 0 aromatic heterocycles. The molecule has 3 nitrogen and oxygen atoms in total. The van der Waals surface area contributed by atoms with Crippen LogP contribution in [-0.4, -0.2) is 31.6 Å². The van der Waals surface area contributed by atoms with Crippen molar-refractivity contribution in [1.82, 2.24) is 4.90 Å². The lowest BCUT2D eigenvalue weighted by Crippen LogP contribution is -2.19. The highest BCUT2D eigenvalue weighted by atomic mass is 35.5. The van der Waals surface area contributed by atoms with E-state index in [1.54, 1.807) is 6.08 Å². The number of aliphatic imine (C=N–C) groups is 1. The van der Waals surface area contributed by atoms with Gasteiger partial charge in [0.15, 0.2) is 0 Å². The lowest BCUT2D eigenvalue weighted by molar-refractivity contribution is 0.377. The molecule has 0 radical (unpaired) electrons. The van der Waals surface area contributed by atoms with Crippen LogP contribution in [0.25, 0.3) is 0 Å². The summed E-state index contributed by atoms with van der Waals surface area (Å²) in [6.45, 7) is 0.721. The zero-order chi connectivity index (χ0) is 10.4. The van der Waals surface area contributed by atoms with Crippen LogP contribution in [-0.2, 0) is 4.79 Å². The molecule has 1 atom stereocenters. The molecule has 0 saturated heterocycles. The van der Waals surface area contributed by atoms with Crippen molar-refractivity contribution < 1.29 is 4.79 Å². The maximum atomic E-state index is 10.3. The van der Waals surface area contributed by atoms with E-state index in [-0.39, 0.29) is 18.4 Å². The zero-order valence-electron chi connectivity index (χ0n) is 8.88. The normalized spacial score (nSPS) is 11.4. The molecule has 1 rings (SSSR count). The smallest absolute Gasteiger partial charge is 0.235 e. The molecule has 0 spiro atoms. The van der Waals surface area contributed by atoms with Crippen molar-refractivity contribution in [1.29, 1.82) is 0 Å². The molecule has 0 aliphatic heterocycles. The molecule has 0 bridgehead atoms. The summed E-state index contributed by atoms with van der Waals surface area (Å²) in [6.07, 6.45) is 1.62. The fourth-order valence-electron chi connectivity index (χ4n) is 1.31. The Morgan fingerprint density at radius 2 is 1.93 bits per heavy atom. The molecule has 4 heteroatoms. The van der Waals surface area contributed by atoms with Gasteiger partial charge in [0, 0.05) is 6.54 Å². The SMILES string of the molecule is CN(C)C[C@@H](N=C=O)c1ccccc1.Cl. The van der Waals surface area contributed by atoms with Crippen molar-refractivity contribution in [2.24, 2.45) is 4.99 Å². The van der Waals surface area contributed by atoms with E-state index >= 15 is 0 Å². The topological polar surface area (TPSA) is 32.7 Å². The quantitative estimate of drug-likeness (QED) is 0.582. The summed E-state index contributed by atoms with van der Waals surface area (Å²) < 4.78 is 0. The van der Waals surface area contributed by atoms with Gasteiger partial charge in [-0.15, -0.1) is 12.4 Å². The number of nitrogens with zero attached hydrogens (tertiary/aromatic N) is 2. The first kappa shape index (κ1) is 13.8. The maximum Gasteiger partial charge on any atom is 0.235 e. The van der Waals surface area contributed by atoms with Crippen molar-refractivity contribution in [2.75, 3.05) is 20.6 Å². The fraction of sp³-hybridized carbons (Fsp3) is 0.364. The van der Waals surface area contributed by atoms with Gasteiger partial charge < -0.3 is 4.90 Å². The summed E-state index contributed by atoms with van der Waals surface area (Å²) in [5.74, 6) is 0. The van der Waals surface area contributed by atoms with Crippen LogP contribution in [0.3, 0.4) is 0 Å². The van der Waals surface area contributed by atoms with Gasteiger partial charge in [-0.1, -0.05) is 30.3 Å². The average Bonchev–Trinajstić information content (AvgIpc) is 2.18. The van der Waals surface area contributed by atoms with Gasteiger partial charge in [-0.05, 0) is 19.7 Å². The molecular weight excluding hydrogens is 212 g/mol. The summed E-state index contributed by atoms with van der Waals surface area (Å²) >= 11 is 0. The number of rotatable bonds is 4. The summed E-state index contributed by atoms with van der Waals surface area (Å²) in [7, 11) is 3.91. The Kier molecular flexibility index (Phi) is 6.63. The Morgan fingerprint density at radius 1 is 1.33 bits per heavy atom. The zero-order valence-corrected chi connectivity index (χ0v) is 9.70. The van der Waals surface area contributed by atoms with Crippen LogP contribution in [0.5, 0.6) is 0 Å². The van der Waals surface area contributed by atoms with Gasteiger partial charge in [0.1, 0.15) is 6.04 Å². The third kappa shape index (κ3) is 4.75. The molecular formula is C11H15ClN2O. The summed E-state index contributed by atoms with van der Waals surface area (Å²) in [6, 6.07) is 9.66. The van der Waals surface area contributed by atoms with Gasteiger partial charge >= 0.3 is 0 Å². The molecule has 15 heavy (non-hydrogen) atoms. The van der Waals surface area contributed by atoms with E-state index in [1.165, 1.54) is 0 Å². The highest BCUT2D eigenvalue weighted by molar-refractivity contribution is 5.85. The van der Waals surface area contributed by atoms with Crippen LogP contribution in [0.15, 0.2) is 35.3 Å². The van der Waals surface area contributed by atoms with Crippen LogP contribution in [0.4, 0.5) is 0 Å². The van der Waals surface area contributed by atoms with Crippen LogP contribution >= 0.6 is 12.4 Å². The van der Waals surface area contributed by atoms with E-state index in [1.807, 2.05) is 49.3 Å². The minimum atomic E-state index is -0.108. The molecule has 0 aliphatic rings. The minimum absolute atomic E-state index is 0. The molecule has 1 aromatic carbocycles. The van der Waals surface area contributed by atoms with E-state index in [0.717, 1.165) is 12.1 Å². The van der Waals surface area contributed by atoms with Crippen LogP contribution < -0.4 is 0 Å². The monoisotopic (exact) mass is 226 g/mol. The molecule has 0 heterocycles. The first-order valence-electron chi connectivity index (χ1n) is 4.50. The Balaban J connectivity index is 0.00000196. The van der Waals surface area contributed by atoms with E-state index in [2.05, 4.69) is 4.99 Å². The maximum absolute atomic E-state index is 10.3. The number of isocyanates is 1. The predicted octanol–water partition coefficient (Wildman–Crippen LogP) is 2.05. The van der Waals surface area contributed by atoms with E-state index in [4.69, 9.17) is 0 Å². The first-order valence-corrected chi connectivity index (χ1v) is 4.50. The first-order chi connectivity index (χ1) is 6.74. The Bertz CT molecular complexity index is 321. The summed E-state index contributed by atoms with van der Waals surface area (Å²) in [5, 5.41) is 0. The second-order valence-corrected chi connectivity index (χ2v) is 3.41. The molecule has 0 amide bonds. The molecule has 82 valence electrons. The lowest BCUT2D eigenvalue weighted by Gasteiger charge is -2.15. The van der Waals surface area contributed by atoms with Crippen molar-refractivity contribution in [2.45, 2.75) is 6.04 Å². The lowest BCUT2D eigenvalue weighted by atomic mass is 10.1. The third-order valence-corrected chi connectivity index (χ3v) is 1.93. The van der Waals surface area contributed by atoms with Gasteiger partial charge in [-0.2, -0.15) is 4.99 Å². The summed E-state index contributed by atoms with van der Waals surface area (Å²) in [4.78, 5) is 16.0. The van der Waals surface area contributed by atoms with E-state index in [0.29, 0.717) is 0 Å². The number of carbonyl (C=O) groups excluding carboxylic acids is 1. The Hall–Kier alpha value is -1.15. The van der Waals surface area contributed by atoms with Crippen LogP contribution in [0.2, 0.25) is 0 Å². The molecule has 0 unspecified atom stereocenters. The number of hydrogen-bond acceptors (Lipinski definition) is 3. The standard InChI is InChI=1S/C11H14N2O.ClH/c1-13(2)8-11(12-9-14)10-6-4-3-5-7-10;/h3-7,11H,8H2,1-2H3;1H/t11-;/m1./s1.